The average molecular weight is 426 g/mol. The highest BCUT2D eigenvalue weighted by molar-refractivity contribution is 7.91. The summed E-state index contributed by atoms with van der Waals surface area (Å²) in [6.07, 6.45) is -0.589. The standard InChI is InChI=1S/C21H31NO6S/c1-6-22(17-11-12-29(25,26)14-17)20(24)15(2)28-19(23)13-27-18-9-7-16(8-10-18)21(3,4)5/h7-10,15,17H,6,11-14H2,1-5H3/t15-,17-/m0/s1. The summed E-state index contributed by atoms with van der Waals surface area (Å²) in [5, 5.41) is 0. The van der Waals surface area contributed by atoms with Gasteiger partial charge in [0, 0.05) is 12.6 Å². The summed E-state index contributed by atoms with van der Waals surface area (Å²) in [4.78, 5) is 26.2. The number of carbonyl (C=O) groups excluding carboxylic acids is 2. The number of carbonyl (C=O) groups is 2. The Morgan fingerprint density at radius 1 is 1.21 bits per heavy atom. The lowest BCUT2D eigenvalue weighted by Gasteiger charge is -2.29. The second-order valence-electron chi connectivity index (χ2n) is 8.38. The normalized spacial score (nSPS) is 19.4. The summed E-state index contributed by atoms with van der Waals surface area (Å²) in [5.74, 6) is -0.461. The van der Waals surface area contributed by atoms with Crippen molar-refractivity contribution in [3.63, 3.8) is 0 Å². The molecule has 0 radical (unpaired) electrons. The Hall–Kier alpha value is -2.09. The molecule has 1 aliphatic rings. The summed E-state index contributed by atoms with van der Waals surface area (Å²) in [6.45, 7) is 9.65. The van der Waals surface area contributed by atoms with Crippen molar-refractivity contribution < 1.29 is 27.5 Å². The number of likely N-dealkylation sites (N-methyl/N-ethyl adjacent to an activating group) is 1. The molecule has 0 spiro atoms. The molecule has 0 bridgehead atoms. The number of ether oxygens (including phenoxy) is 2. The highest BCUT2D eigenvalue weighted by Gasteiger charge is 2.36. The van der Waals surface area contributed by atoms with Gasteiger partial charge in [0.15, 0.2) is 22.5 Å². The SMILES string of the molecule is CCN(C(=O)[C@H](C)OC(=O)COc1ccc(C(C)(C)C)cc1)[C@H]1CCS(=O)(=O)C1. The van der Waals surface area contributed by atoms with Gasteiger partial charge in [0.2, 0.25) is 0 Å². The Kier molecular flexibility index (Phi) is 7.32. The van der Waals surface area contributed by atoms with Crippen molar-refractivity contribution in [1.82, 2.24) is 4.90 Å². The van der Waals surface area contributed by atoms with Crippen LogP contribution in [0.15, 0.2) is 24.3 Å². The van der Waals surface area contributed by atoms with Crippen molar-refractivity contribution in [2.45, 2.75) is 58.6 Å². The monoisotopic (exact) mass is 425 g/mol. The predicted octanol–water partition coefficient (Wildman–Crippen LogP) is 2.33. The quantitative estimate of drug-likeness (QED) is 0.623. The third-order valence-corrected chi connectivity index (χ3v) is 6.76. The highest BCUT2D eigenvalue weighted by Crippen LogP contribution is 2.24. The van der Waals surface area contributed by atoms with E-state index in [1.807, 2.05) is 12.1 Å². The van der Waals surface area contributed by atoms with Gasteiger partial charge < -0.3 is 14.4 Å². The van der Waals surface area contributed by atoms with Crippen molar-refractivity contribution in [3.8, 4) is 5.75 Å². The van der Waals surface area contributed by atoms with E-state index in [0.717, 1.165) is 5.56 Å². The molecule has 8 heteroatoms. The molecule has 0 saturated carbocycles. The molecule has 1 amide bonds. The molecule has 1 fully saturated rings. The van der Waals surface area contributed by atoms with E-state index in [1.165, 1.54) is 11.8 Å². The molecule has 29 heavy (non-hydrogen) atoms. The Bertz CT molecular complexity index is 826. The minimum atomic E-state index is -3.11. The molecule has 0 unspecified atom stereocenters. The molecule has 0 aromatic heterocycles. The van der Waals surface area contributed by atoms with Gasteiger partial charge in [-0.2, -0.15) is 0 Å². The summed E-state index contributed by atoms with van der Waals surface area (Å²) >= 11 is 0. The molecular weight excluding hydrogens is 394 g/mol. The van der Waals surface area contributed by atoms with E-state index in [0.29, 0.717) is 18.7 Å². The predicted molar refractivity (Wildman–Crippen MR) is 111 cm³/mol. The minimum Gasteiger partial charge on any atom is -0.482 e. The van der Waals surface area contributed by atoms with Gasteiger partial charge >= 0.3 is 5.97 Å². The maximum Gasteiger partial charge on any atom is 0.344 e. The van der Waals surface area contributed by atoms with Crippen LogP contribution in [0.2, 0.25) is 0 Å². The van der Waals surface area contributed by atoms with Crippen molar-refractivity contribution in [3.05, 3.63) is 29.8 Å². The van der Waals surface area contributed by atoms with Crippen molar-refractivity contribution >= 4 is 21.7 Å². The molecule has 1 aromatic carbocycles. The largest absolute Gasteiger partial charge is 0.482 e. The summed E-state index contributed by atoms with van der Waals surface area (Å²) in [6, 6.07) is 7.11. The Morgan fingerprint density at radius 3 is 2.31 bits per heavy atom. The lowest BCUT2D eigenvalue weighted by Crippen LogP contribution is -2.46. The topological polar surface area (TPSA) is 90.0 Å². The smallest absolute Gasteiger partial charge is 0.344 e. The number of benzene rings is 1. The molecule has 2 rings (SSSR count). The lowest BCUT2D eigenvalue weighted by atomic mass is 9.87. The van der Waals surface area contributed by atoms with Gasteiger partial charge in [-0.25, -0.2) is 13.2 Å². The number of rotatable bonds is 7. The second-order valence-corrected chi connectivity index (χ2v) is 10.6. The van der Waals surface area contributed by atoms with E-state index in [2.05, 4.69) is 20.8 Å². The van der Waals surface area contributed by atoms with E-state index < -0.39 is 27.8 Å². The zero-order chi connectivity index (χ0) is 21.8. The average Bonchev–Trinajstić information content (AvgIpc) is 2.99. The summed E-state index contributed by atoms with van der Waals surface area (Å²) in [7, 11) is -3.11. The summed E-state index contributed by atoms with van der Waals surface area (Å²) < 4.78 is 34.0. The zero-order valence-electron chi connectivity index (χ0n) is 17.8. The van der Waals surface area contributed by atoms with Crippen LogP contribution in [0.5, 0.6) is 5.75 Å². The van der Waals surface area contributed by atoms with E-state index in [4.69, 9.17) is 9.47 Å². The zero-order valence-corrected chi connectivity index (χ0v) is 18.6. The maximum absolute atomic E-state index is 12.6. The third kappa shape index (κ3) is 6.45. The van der Waals surface area contributed by atoms with Crippen LogP contribution in [0.4, 0.5) is 0 Å². The molecule has 1 saturated heterocycles. The number of sulfone groups is 1. The van der Waals surface area contributed by atoms with E-state index in [-0.39, 0.29) is 29.6 Å². The molecule has 1 heterocycles. The molecule has 0 aliphatic carbocycles. The van der Waals surface area contributed by atoms with Crippen LogP contribution in [-0.4, -0.2) is 62.0 Å². The van der Waals surface area contributed by atoms with Gasteiger partial charge in [0.1, 0.15) is 5.75 Å². The number of hydrogen-bond donors (Lipinski definition) is 0. The van der Waals surface area contributed by atoms with Crippen LogP contribution in [0.1, 0.15) is 46.6 Å². The summed E-state index contributed by atoms with van der Waals surface area (Å²) in [5.41, 5.74) is 1.18. The molecular formula is C21H31NO6S. The first-order chi connectivity index (χ1) is 13.4. The van der Waals surface area contributed by atoms with Gasteiger partial charge in [-0.1, -0.05) is 32.9 Å². The van der Waals surface area contributed by atoms with Crippen LogP contribution in [0.3, 0.4) is 0 Å². The molecule has 1 aromatic rings. The minimum absolute atomic E-state index is 0.0249. The van der Waals surface area contributed by atoms with Crippen LogP contribution < -0.4 is 4.74 Å². The number of hydrogen-bond acceptors (Lipinski definition) is 6. The fraction of sp³-hybridized carbons (Fsp3) is 0.619. The van der Waals surface area contributed by atoms with Gasteiger partial charge in [-0.05, 0) is 43.4 Å². The van der Waals surface area contributed by atoms with E-state index >= 15 is 0 Å². The van der Waals surface area contributed by atoms with Crippen LogP contribution in [-0.2, 0) is 29.6 Å². The highest BCUT2D eigenvalue weighted by atomic mass is 32.2. The van der Waals surface area contributed by atoms with E-state index in [1.54, 1.807) is 19.1 Å². The number of amides is 1. The molecule has 162 valence electrons. The van der Waals surface area contributed by atoms with Crippen LogP contribution in [0.25, 0.3) is 0 Å². The lowest BCUT2D eigenvalue weighted by molar-refractivity contribution is -0.161. The first-order valence-electron chi connectivity index (χ1n) is 9.86. The maximum atomic E-state index is 12.6. The molecule has 1 aliphatic heterocycles. The third-order valence-electron chi connectivity index (χ3n) is 5.01. The Labute approximate surface area is 173 Å². The first kappa shape index (κ1) is 23.2. The van der Waals surface area contributed by atoms with Gasteiger partial charge in [0.05, 0.1) is 11.5 Å². The second kappa shape index (κ2) is 9.15. The van der Waals surface area contributed by atoms with Crippen molar-refractivity contribution in [1.29, 1.82) is 0 Å². The molecule has 0 N–H and O–H groups in total. The van der Waals surface area contributed by atoms with Gasteiger partial charge in [0.25, 0.3) is 5.91 Å². The van der Waals surface area contributed by atoms with E-state index in [9.17, 15) is 18.0 Å². The number of nitrogens with zero attached hydrogens (tertiary/aromatic N) is 1. The van der Waals surface area contributed by atoms with Gasteiger partial charge in [-0.3, -0.25) is 4.79 Å². The molecule has 7 nitrogen and oxygen atoms in total. The van der Waals surface area contributed by atoms with Crippen LogP contribution >= 0.6 is 0 Å². The van der Waals surface area contributed by atoms with Crippen molar-refractivity contribution in [2.75, 3.05) is 24.7 Å². The first-order valence-corrected chi connectivity index (χ1v) is 11.7. The Balaban J connectivity index is 1.87. The van der Waals surface area contributed by atoms with Gasteiger partial charge in [-0.15, -0.1) is 0 Å². The number of esters is 1. The fourth-order valence-electron chi connectivity index (χ4n) is 3.32. The molecule has 2 atom stereocenters. The van der Waals surface area contributed by atoms with Crippen molar-refractivity contribution in [2.24, 2.45) is 0 Å². The Morgan fingerprint density at radius 2 is 1.83 bits per heavy atom. The fourth-order valence-corrected chi connectivity index (χ4v) is 5.05. The van der Waals surface area contributed by atoms with Crippen LogP contribution in [0, 0.1) is 0 Å².